The molecule has 0 spiro atoms. The van der Waals surface area contributed by atoms with Gasteiger partial charge in [0.2, 0.25) is 0 Å². The third-order valence-electron chi connectivity index (χ3n) is 3.52. The maximum Gasteiger partial charge on any atom is 0.157 e. The molecule has 0 aliphatic carbocycles. The average molecular weight is 260 g/mol. The second-order valence-corrected chi connectivity index (χ2v) is 5.35. The van der Waals surface area contributed by atoms with Crippen LogP contribution in [-0.4, -0.2) is 20.8 Å². The van der Waals surface area contributed by atoms with Gasteiger partial charge in [0.15, 0.2) is 5.65 Å². The van der Waals surface area contributed by atoms with E-state index in [0.717, 1.165) is 22.4 Å². The van der Waals surface area contributed by atoms with Gasteiger partial charge in [-0.2, -0.15) is 5.10 Å². The Morgan fingerprint density at radius 2 is 2.16 bits per heavy atom. The minimum Gasteiger partial charge on any atom is -0.381 e. The van der Waals surface area contributed by atoms with Crippen molar-refractivity contribution < 1.29 is 0 Å². The van der Waals surface area contributed by atoms with E-state index in [-0.39, 0.29) is 0 Å². The van der Waals surface area contributed by atoms with E-state index in [4.69, 9.17) is 0 Å². The van der Waals surface area contributed by atoms with E-state index >= 15 is 0 Å². The predicted octanol–water partition coefficient (Wildman–Crippen LogP) is 3.66. The molecule has 4 heteroatoms. The van der Waals surface area contributed by atoms with E-state index in [9.17, 15) is 0 Å². The number of hydrogen-bond acceptors (Lipinski definition) is 3. The molecule has 0 aromatic carbocycles. The van der Waals surface area contributed by atoms with Gasteiger partial charge < -0.3 is 5.32 Å². The van der Waals surface area contributed by atoms with E-state index < -0.39 is 0 Å². The summed E-state index contributed by atoms with van der Waals surface area (Å²) in [5.74, 6) is 0. The smallest absolute Gasteiger partial charge is 0.157 e. The van der Waals surface area contributed by atoms with Gasteiger partial charge in [-0.15, -0.1) is 0 Å². The summed E-state index contributed by atoms with van der Waals surface area (Å²) in [4.78, 5) is 4.49. The van der Waals surface area contributed by atoms with Crippen LogP contribution in [-0.2, 0) is 7.05 Å². The van der Waals surface area contributed by atoms with Gasteiger partial charge in [-0.25, -0.2) is 4.98 Å². The molecule has 19 heavy (non-hydrogen) atoms. The highest BCUT2D eigenvalue weighted by Crippen LogP contribution is 2.20. The Hall–Kier alpha value is -1.58. The van der Waals surface area contributed by atoms with Crippen LogP contribution in [0.15, 0.2) is 12.3 Å². The number of aryl methyl sites for hydroxylation is 2. The molecule has 0 amide bonds. The minimum atomic E-state index is 0.489. The van der Waals surface area contributed by atoms with Crippen molar-refractivity contribution in [3.05, 3.63) is 18.0 Å². The number of fused-ring (bicyclic) bond motifs is 1. The highest BCUT2D eigenvalue weighted by molar-refractivity contribution is 5.81. The van der Waals surface area contributed by atoms with Crippen LogP contribution in [0.5, 0.6) is 0 Å². The fraction of sp³-hybridized carbons (Fsp3) is 0.600. The molecule has 0 fully saturated rings. The molecule has 0 aliphatic heterocycles. The molecular formula is C15H24N4. The lowest BCUT2D eigenvalue weighted by molar-refractivity contribution is 0.615. The summed E-state index contributed by atoms with van der Waals surface area (Å²) < 4.78 is 1.83. The van der Waals surface area contributed by atoms with E-state index in [0.29, 0.717) is 6.04 Å². The first-order chi connectivity index (χ1) is 9.11. The van der Waals surface area contributed by atoms with Crippen LogP contribution >= 0.6 is 0 Å². The second kappa shape index (κ2) is 6.04. The van der Waals surface area contributed by atoms with Crippen LogP contribution in [0.4, 0.5) is 5.69 Å². The summed E-state index contributed by atoms with van der Waals surface area (Å²) in [6, 6.07) is 2.64. The number of pyridine rings is 1. The van der Waals surface area contributed by atoms with Crippen LogP contribution in [0.1, 0.15) is 45.2 Å². The topological polar surface area (TPSA) is 42.7 Å². The number of aromatic nitrogens is 3. The number of anilines is 1. The highest BCUT2D eigenvalue weighted by atomic mass is 15.3. The Morgan fingerprint density at radius 1 is 1.37 bits per heavy atom. The number of nitrogens with one attached hydrogen (secondary N) is 1. The van der Waals surface area contributed by atoms with Crippen molar-refractivity contribution in [2.45, 2.75) is 52.5 Å². The van der Waals surface area contributed by atoms with Crippen LogP contribution < -0.4 is 5.32 Å². The normalized spacial score (nSPS) is 12.8. The predicted molar refractivity (Wildman–Crippen MR) is 80.5 cm³/mol. The van der Waals surface area contributed by atoms with Crippen molar-refractivity contribution in [1.82, 2.24) is 14.8 Å². The third kappa shape index (κ3) is 3.25. The molecule has 4 nitrogen and oxygen atoms in total. The maximum atomic E-state index is 4.49. The van der Waals surface area contributed by atoms with Gasteiger partial charge in [-0.05, 0) is 26.3 Å². The van der Waals surface area contributed by atoms with E-state index in [1.807, 2.05) is 24.9 Å². The van der Waals surface area contributed by atoms with Gasteiger partial charge in [0, 0.05) is 18.5 Å². The highest BCUT2D eigenvalue weighted by Gasteiger charge is 2.08. The zero-order valence-corrected chi connectivity index (χ0v) is 12.4. The molecule has 1 N–H and O–H groups in total. The van der Waals surface area contributed by atoms with Crippen LogP contribution in [0.3, 0.4) is 0 Å². The summed E-state index contributed by atoms with van der Waals surface area (Å²) in [6.07, 6.45) is 6.98. The van der Waals surface area contributed by atoms with E-state index in [2.05, 4.69) is 35.3 Å². The Kier molecular flexibility index (Phi) is 4.40. The van der Waals surface area contributed by atoms with Crippen molar-refractivity contribution >= 4 is 16.7 Å². The standard InChI is InChI=1S/C15H24N4/c1-5-6-7-8-11(2)17-13-9-14-12(3)18-19(4)15(14)16-10-13/h9-11,17H,5-8H2,1-4H3. The molecule has 1 atom stereocenters. The Balaban J connectivity index is 2.06. The first-order valence-corrected chi connectivity index (χ1v) is 7.17. The third-order valence-corrected chi connectivity index (χ3v) is 3.52. The van der Waals surface area contributed by atoms with Gasteiger partial charge in [0.1, 0.15) is 0 Å². The molecule has 1 unspecified atom stereocenters. The van der Waals surface area contributed by atoms with Gasteiger partial charge in [-0.1, -0.05) is 26.2 Å². The number of hydrogen-bond donors (Lipinski definition) is 1. The van der Waals surface area contributed by atoms with Crippen molar-refractivity contribution in [2.24, 2.45) is 7.05 Å². The molecule has 104 valence electrons. The van der Waals surface area contributed by atoms with Crippen molar-refractivity contribution in [1.29, 1.82) is 0 Å². The fourth-order valence-electron chi connectivity index (χ4n) is 2.44. The molecule has 0 radical (unpaired) electrons. The fourth-order valence-corrected chi connectivity index (χ4v) is 2.44. The van der Waals surface area contributed by atoms with E-state index in [1.165, 1.54) is 25.7 Å². The summed E-state index contributed by atoms with van der Waals surface area (Å²) in [5, 5.41) is 9.06. The largest absolute Gasteiger partial charge is 0.381 e. The monoisotopic (exact) mass is 260 g/mol. The van der Waals surface area contributed by atoms with Gasteiger partial charge >= 0.3 is 0 Å². The van der Waals surface area contributed by atoms with Crippen LogP contribution in [0.25, 0.3) is 11.0 Å². The number of unbranched alkanes of at least 4 members (excludes halogenated alkanes) is 2. The summed E-state index contributed by atoms with van der Waals surface area (Å²) in [7, 11) is 1.93. The lowest BCUT2D eigenvalue weighted by Crippen LogP contribution is -2.14. The Morgan fingerprint density at radius 3 is 2.89 bits per heavy atom. The number of rotatable bonds is 6. The summed E-state index contributed by atoms with van der Waals surface area (Å²) in [5.41, 5.74) is 3.07. The maximum absolute atomic E-state index is 4.49. The zero-order chi connectivity index (χ0) is 13.8. The molecule has 2 aromatic rings. The van der Waals surface area contributed by atoms with E-state index in [1.54, 1.807) is 0 Å². The van der Waals surface area contributed by atoms with Crippen LogP contribution in [0.2, 0.25) is 0 Å². The molecule has 0 saturated heterocycles. The quantitative estimate of drug-likeness (QED) is 0.806. The molecule has 0 aliphatic rings. The lowest BCUT2D eigenvalue weighted by atomic mass is 10.1. The molecule has 0 saturated carbocycles. The first-order valence-electron chi connectivity index (χ1n) is 7.17. The number of nitrogens with zero attached hydrogens (tertiary/aromatic N) is 3. The van der Waals surface area contributed by atoms with Gasteiger partial charge in [0.25, 0.3) is 0 Å². The van der Waals surface area contributed by atoms with Gasteiger partial charge in [0.05, 0.1) is 17.6 Å². The first kappa shape index (κ1) is 13.8. The zero-order valence-electron chi connectivity index (χ0n) is 12.4. The van der Waals surface area contributed by atoms with Crippen molar-refractivity contribution in [3.63, 3.8) is 0 Å². The van der Waals surface area contributed by atoms with Crippen molar-refractivity contribution in [2.75, 3.05) is 5.32 Å². The molecular weight excluding hydrogens is 236 g/mol. The summed E-state index contributed by atoms with van der Waals surface area (Å²) in [6.45, 7) is 6.50. The van der Waals surface area contributed by atoms with Crippen LogP contribution in [0, 0.1) is 6.92 Å². The summed E-state index contributed by atoms with van der Waals surface area (Å²) >= 11 is 0. The average Bonchev–Trinajstić information content (AvgIpc) is 2.65. The van der Waals surface area contributed by atoms with Gasteiger partial charge in [-0.3, -0.25) is 4.68 Å². The molecule has 2 heterocycles. The van der Waals surface area contributed by atoms with Crippen molar-refractivity contribution in [3.8, 4) is 0 Å². The molecule has 2 rings (SSSR count). The Labute approximate surface area is 115 Å². The molecule has 0 bridgehead atoms. The Bertz CT molecular complexity index is 544. The lowest BCUT2D eigenvalue weighted by Gasteiger charge is -2.14. The minimum absolute atomic E-state index is 0.489. The second-order valence-electron chi connectivity index (χ2n) is 5.35. The molecule has 2 aromatic heterocycles. The SMILES string of the molecule is CCCCCC(C)Nc1cnc2c(c1)c(C)nn2C.